The molecular formula is C23H35NO4. The van der Waals surface area contributed by atoms with Crippen LogP contribution in [0.2, 0.25) is 0 Å². The summed E-state index contributed by atoms with van der Waals surface area (Å²) in [5.41, 5.74) is -0.481. The Labute approximate surface area is 168 Å². The first-order valence-electron chi connectivity index (χ1n) is 11.0. The molecule has 2 bridgehead atoms. The molecule has 0 unspecified atom stereocenters. The number of methoxy groups -OCH3 is 1. The summed E-state index contributed by atoms with van der Waals surface area (Å²) in [7, 11) is 1.66. The molecule has 8 atom stereocenters. The molecule has 0 amide bonds. The Morgan fingerprint density at radius 1 is 1.18 bits per heavy atom. The van der Waals surface area contributed by atoms with Gasteiger partial charge in [0.25, 0.3) is 0 Å². The molecule has 5 rings (SSSR count). The van der Waals surface area contributed by atoms with Crippen LogP contribution in [0.25, 0.3) is 0 Å². The molecule has 156 valence electrons. The maximum absolute atomic E-state index is 12.3. The van der Waals surface area contributed by atoms with E-state index in [4.69, 9.17) is 9.47 Å². The Bertz CT molecular complexity index is 674. The van der Waals surface area contributed by atoms with Gasteiger partial charge < -0.3 is 14.6 Å². The van der Waals surface area contributed by atoms with E-state index in [1.165, 1.54) is 6.42 Å². The van der Waals surface area contributed by atoms with Crippen molar-refractivity contribution in [3.05, 3.63) is 0 Å². The van der Waals surface area contributed by atoms with Gasteiger partial charge in [-0.1, -0.05) is 13.3 Å². The van der Waals surface area contributed by atoms with E-state index in [2.05, 4.69) is 13.0 Å². The molecule has 0 aromatic heterocycles. The SMILES string of the molecule is COCO[C@@H]1[C@@H](CC#N)[C@@H]2CC[C@@]13CC[C@H]1[C@@](C)(CCC[C@@]1(C)C(=O)O)[C@@H]3C2. The molecule has 1 spiro atoms. The summed E-state index contributed by atoms with van der Waals surface area (Å²) in [6.07, 6.45) is 9.03. The highest BCUT2D eigenvalue weighted by Gasteiger charge is 2.69. The first kappa shape index (κ1) is 20.2. The largest absolute Gasteiger partial charge is 0.481 e. The lowest BCUT2D eigenvalue weighted by molar-refractivity contribution is -0.268. The fraction of sp³-hybridized carbons (Fsp3) is 0.913. The zero-order chi connectivity index (χ0) is 20.2. The third kappa shape index (κ3) is 2.60. The normalized spacial score (nSPS) is 49.7. The molecule has 0 aromatic carbocycles. The number of nitriles is 1. The van der Waals surface area contributed by atoms with Gasteiger partial charge in [0, 0.05) is 24.9 Å². The number of fused-ring (bicyclic) bond motifs is 3. The molecule has 28 heavy (non-hydrogen) atoms. The lowest BCUT2D eigenvalue weighted by Crippen LogP contribution is -2.67. The number of nitrogens with zero attached hydrogens (tertiary/aromatic N) is 1. The van der Waals surface area contributed by atoms with Crippen molar-refractivity contribution < 1.29 is 19.4 Å². The second-order valence-corrected chi connectivity index (χ2v) is 10.5. The standard InChI is InChI=1S/C23H35NO4/c1-21-8-4-9-22(2,20(25)26)17(21)6-11-23-10-5-15(13-18(21)23)16(7-12-24)19(23)28-14-27-3/h15-19H,4-11,13-14H2,1-3H3,(H,25,26)/t15-,16+,17+,18+,19-,21-,22-,23+/m1/s1. The van der Waals surface area contributed by atoms with Gasteiger partial charge in [0.2, 0.25) is 0 Å². The van der Waals surface area contributed by atoms with Gasteiger partial charge >= 0.3 is 5.97 Å². The van der Waals surface area contributed by atoms with Gasteiger partial charge in [0.15, 0.2) is 0 Å². The molecule has 5 aliphatic carbocycles. The highest BCUT2D eigenvalue weighted by atomic mass is 16.7. The van der Waals surface area contributed by atoms with Crippen molar-refractivity contribution in [3.8, 4) is 6.07 Å². The zero-order valence-corrected chi connectivity index (χ0v) is 17.6. The maximum Gasteiger partial charge on any atom is 0.309 e. The van der Waals surface area contributed by atoms with E-state index in [-0.39, 0.29) is 29.6 Å². The number of carbonyl (C=O) groups is 1. The molecule has 5 saturated carbocycles. The number of hydrogen-bond acceptors (Lipinski definition) is 4. The average molecular weight is 390 g/mol. The van der Waals surface area contributed by atoms with Crippen LogP contribution >= 0.6 is 0 Å². The predicted octanol–water partition coefficient (Wildman–Crippen LogP) is 4.61. The highest BCUT2D eigenvalue weighted by Crippen LogP contribution is 2.72. The first-order valence-corrected chi connectivity index (χ1v) is 11.0. The first-order chi connectivity index (χ1) is 13.3. The van der Waals surface area contributed by atoms with E-state index >= 15 is 0 Å². The van der Waals surface area contributed by atoms with E-state index in [0.717, 1.165) is 44.9 Å². The number of carboxylic acids is 1. The van der Waals surface area contributed by atoms with Crippen LogP contribution in [0.4, 0.5) is 0 Å². The van der Waals surface area contributed by atoms with Gasteiger partial charge in [-0.3, -0.25) is 4.79 Å². The molecule has 5 heteroatoms. The average Bonchev–Trinajstić information content (AvgIpc) is 2.67. The molecule has 0 radical (unpaired) electrons. The van der Waals surface area contributed by atoms with E-state index in [9.17, 15) is 15.2 Å². The smallest absolute Gasteiger partial charge is 0.309 e. The summed E-state index contributed by atoms with van der Waals surface area (Å²) in [6.45, 7) is 4.66. The lowest BCUT2D eigenvalue weighted by Gasteiger charge is -2.70. The van der Waals surface area contributed by atoms with Gasteiger partial charge in [-0.05, 0) is 75.0 Å². The van der Waals surface area contributed by atoms with Gasteiger partial charge in [0.05, 0.1) is 17.6 Å². The molecule has 0 aromatic rings. The Kier molecular flexibility index (Phi) is 5.03. The van der Waals surface area contributed by atoms with Gasteiger partial charge in [-0.2, -0.15) is 5.26 Å². The van der Waals surface area contributed by atoms with Crippen molar-refractivity contribution in [2.24, 2.45) is 39.9 Å². The third-order valence-electron chi connectivity index (χ3n) is 9.63. The van der Waals surface area contributed by atoms with Crippen LogP contribution < -0.4 is 0 Å². The Morgan fingerprint density at radius 3 is 2.61 bits per heavy atom. The van der Waals surface area contributed by atoms with Crippen LogP contribution in [0.1, 0.15) is 71.6 Å². The number of rotatable bonds is 5. The summed E-state index contributed by atoms with van der Waals surface area (Å²) < 4.78 is 11.6. The van der Waals surface area contributed by atoms with Crippen molar-refractivity contribution in [3.63, 3.8) is 0 Å². The van der Waals surface area contributed by atoms with Crippen molar-refractivity contribution in [1.82, 2.24) is 0 Å². The molecule has 5 aliphatic rings. The van der Waals surface area contributed by atoms with Crippen LogP contribution in [0.15, 0.2) is 0 Å². The molecular weight excluding hydrogens is 354 g/mol. The topological polar surface area (TPSA) is 79.5 Å². The van der Waals surface area contributed by atoms with E-state index in [1.54, 1.807) is 7.11 Å². The summed E-state index contributed by atoms with van der Waals surface area (Å²) in [4.78, 5) is 12.3. The molecule has 1 N–H and O–H groups in total. The minimum atomic E-state index is -0.616. The minimum Gasteiger partial charge on any atom is -0.481 e. The number of aliphatic carboxylic acids is 1. The maximum atomic E-state index is 12.3. The molecule has 5 nitrogen and oxygen atoms in total. The van der Waals surface area contributed by atoms with Gasteiger partial charge in [-0.15, -0.1) is 0 Å². The van der Waals surface area contributed by atoms with Crippen molar-refractivity contribution in [1.29, 1.82) is 5.26 Å². The van der Waals surface area contributed by atoms with Crippen molar-refractivity contribution in [2.45, 2.75) is 77.7 Å². The van der Waals surface area contributed by atoms with E-state index in [1.807, 2.05) is 6.92 Å². The molecule has 0 aliphatic heterocycles. The van der Waals surface area contributed by atoms with Crippen molar-refractivity contribution >= 4 is 5.97 Å². The quantitative estimate of drug-likeness (QED) is 0.695. The second-order valence-electron chi connectivity index (χ2n) is 10.5. The van der Waals surface area contributed by atoms with Crippen molar-refractivity contribution in [2.75, 3.05) is 13.9 Å². The summed E-state index contributed by atoms with van der Waals surface area (Å²) >= 11 is 0. The predicted molar refractivity (Wildman–Crippen MR) is 104 cm³/mol. The number of ether oxygens (including phenoxy) is 2. The second kappa shape index (κ2) is 6.99. The fourth-order valence-corrected chi connectivity index (χ4v) is 8.51. The molecule has 0 saturated heterocycles. The van der Waals surface area contributed by atoms with Crippen LogP contribution in [-0.4, -0.2) is 31.1 Å². The summed E-state index contributed by atoms with van der Waals surface area (Å²) in [5, 5.41) is 19.5. The van der Waals surface area contributed by atoms with Gasteiger partial charge in [-0.25, -0.2) is 0 Å². The lowest BCUT2D eigenvalue weighted by atomic mass is 9.35. The molecule has 5 fully saturated rings. The minimum absolute atomic E-state index is 0.0502. The zero-order valence-electron chi connectivity index (χ0n) is 17.6. The highest BCUT2D eigenvalue weighted by molar-refractivity contribution is 5.75. The van der Waals surface area contributed by atoms with Crippen LogP contribution in [-0.2, 0) is 14.3 Å². The number of hydrogen-bond donors (Lipinski definition) is 1. The summed E-state index contributed by atoms with van der Waals surface area (Å²) in [6, 6.07) is 2.42. The fourth-order valence-electron chi connectivity index (χ4n) is 8.51. The Hall–Kier alpha value is -1.12. The number of carboxylic acid groups (broad SMARTS) is 1. The summed E-state index contributed by atoms with van der Waals surface area (Å²) in [5.74, 6) is 0.920. The Morgan fingerprint density at radius 2 is 1.93 bits per heavy atom. The monoisotopic (exact) mass is 389 g/mol. The van der Waals surface area contributed by atoms with Crippen LogP contribution in [0, 0.1) is 51.2 Å². The third-order valence-corrected chi connectivity index (χ3v) is 9.63. The molecule has 0 heterocycles. The Balaban J connectivity index is 1.73. The van der Waals surface area contributed by atoms with E-state index in [0.29, 0.717) is 24.2 Å². The van der Waals surface area contributed by atoms with E-state index < -0.39 is 11.4 Å². The van der Waals surface area contributed by atoms with Gasteiger partial charge in [0.1, 0.15) is 6.79 Å². The van der Waals surface area contributed by atoms with Crippen LogP contribution in [0.3, 0.4) is 0 Å². The van der Waals surface area contributed by atoms with Crippen LogP contribution in [0.5, 0.6) is 0 Å².